The molecule has 0 fully saturated rings. The minimum absolute atomic E-state index is 0.0352. The molecule has 0 aliphatic carbocycles. The standard InChI is InChI=1S/C9H10N4OS/c1-6-3-7(13(2)11-6)4-8(14)9-5-10-12-15-9/h3,5H,4H2,1-2H3. The number of Topliss-reactive ketones (excluding diaryl/α,β-unsaturated/α-hetero) is 1. The molecule has 0 aromatic carbocycles. The number of nitrogens with zero attached hydrogens (tertiary/aromatic N) is 4. The van der Waals surface area contributed by atoms with Crippen LogP contribution in [0.4, 0.5) is 0 Å². The minimum Gasteiger partial charge on any atom is -0.293 e. The van der Waals surface area contributed by atoms with Crippen LogP contribution in [0, 0.1) is 6.92 Å². The Hall–Kier alpha value is -1.56. The lowest BCUT2D eigenvalue weighted by Gasteiger charge is -1.98. The molecular formula is C9H10N4OS. The van der Waals surface area contributed by atoms with Gasteiger partial charge in [-0.2, -0.15) is 5.10 Å². The summed E-state index contributed by atoms with van der Waals surface area (Å²) >= 11 is 1.12. The largest absolute Gasteiger partial charge is 0.293 e. The van der Waals surface area contributed by atoms with Crippen molar-refractivity contribution >= 4 is 17.3 Å². The van der Waals surface area contributed by atoms with Crippen LogP contribution in [0.3, 0.4) is 0 Å². The van der Waals surface area contributed by atoms with E-state index in [0.717, 1.165) is 22.9 Å². The molecule has 0 saturated heterocycles. The number of ketones is 1. The van der Waals surface area contributed by atoms with E-state index in [0.29, 0.717) is 11.3 Å². The Bertz CT molecular complexity index is 474. The van der Waals surface area contributed by atoms with Crippen molar-refractivity contribution in [3.05, 3.63) is 28.5 Å². The molecule has 6 heteroatoms. The molecule has 15 heavy (non-hydrogen) atoms. The smallest absolute Gasteiger partial charge is 0.181 e. The van der Waals surface area contributed by atoms with E-state index in [1.807, 2.05) is 20.0 Å². The number of hydrogen-bond acceptors (Lipinski definition) is 5. The van der Waals surface area contributed by atoms with Crippen LogP contribution in [0.1, 0.15) is 21.1 Å². The Kier molecular flexibility index (Phi) is 2.59. The van der Waals surface area contributed by atoms with Gasteiger partial charge in [-0.1, -0.05) is 4.49 Å². The first-order valence-electron chi connectivity index (χ1n) is 4.47. The Morgan fingerprint density at radius 3 is 2.93 bits per heavy atom. The highest BCUT2D eigenvalue weighted by atomic mass is 32.1. The Morgan fingerprint density at radius 2 is 2.40 bits per heavy atom. The molecule has 0 spiro atoms. The summed E-state index contributed by atoms with van der Waals surface area (Å²) in [7, 11) is 1.83. The minimum atomic E-state index is 0.0352. The summed E-state index contributed by atoms with van der Waals surface area (Å²) in [5.41, 5.74) is 1.83. The van der Waals surface area contributed by atoms with Crippen LogP contribution in [0.5, 0.6) is 0 Å². The van der Waals surface area contributed by atoms with Crippen molar-refractivity contribution in [2.24, 2.45) is 7.05 Å². The summed E-state index contributed by atoms with van der Waals surface area (Å²) in [6.07, 6.45) is 1.84. The topological polar surface area (TPSA) is 60.7 Å². The van der Waals surface area contributed by atoms with Gasteiger partial charge in [-0.3, -0.25) is 9.48 Å². The summed E-state index contributed by atoms with van der Waals surface area (Å²) in [5.74, 6) is 0.0352. The van der Waals surface area contributed by atoms with Crippen LogP contribution >= 0.6 is 11.5 Å². The third-order valence-electron chi connectivity index (χ3n) is 2.08. The van der Waals surface area contributed by atoms with Crippen LogP contribution in [0.2, 0.25) is 0 Å². The van der Waals surface area contributed by atoms with Crippen molar-refractivity contribution in [3.8, 4) is 0 Å². The second-order valence-corrected chi connectivity index (χ2v) is 4.07. The highest BCUT2D eigenvalue weighted by molar-refractivity contribution is 7.07. The summed E-state index contributed by atoms with van der Waals surface area (Å²) in [6.45, 7) is 1.90. The molecule has 5 nitrogen and oxygen atoms in total. The maximum Gasteiger partial charge on any atom is 0.181 e. The molecule has 0 N–H and O–H groups in total. The van der Waals surface area contributed by atoms with Crippen molar-refractivity contribution in [1.29, 1.82) is 0 Å². The van der Waals surface area contributed by atoms with Gasteiger partial charge in [0.05, 0.1) is 18.3 Å². The van der Waals surface area contributed by atoms with Crippen LogP contribution in [0.25, 0.3) is 0 Å². The van der Waals surface area contributed by atoms with E-state index >= 15 is 0 Å². The zero-order valence-corrected chi connectivity index (χ0v) is 9.28. The maximum atomic E-state index is 11.7. The predicted molar refractivity (Wildman–Crippen MR) is 55.9 cm³/mol. The second-order valence-electron chi connectivity index (χ2n) is 3.28. The third-order valence-corrected chi connectivity index (χ3v) is 2.78. The normalized spacial score (nSPS) is 10.5. The summed E-state index contributed by atoms with van der Waals surface area (Å²) in [6, 6.07) is 1.91. The van der Waals surface area contributed by atoms with Crippen molar-refractivity contribution in [2.45, 2.75) is 13.3 Å². The molecule has 78 valence electrons. The predicted octanol–water partition coefficient (Wildman–Crippen LogP) is 1.01. The number of aromatic nitrogens is 4. The number of carbonyl (C=O) groups is 1. The quantitative estimate of drug-likeness (QED) is 0.727. The van der Waals surface area contributed by atoms with Crippen LogP contribution in [0.15, 0.2) is 12.3 Å². The first-order chi connectivity index (χ1) is 7.16. The van der Waals surface area contributed by atoms with Gasteiger partial charge in [-0.05, 0) is 24.5 Å². The van der Waals surface area contributed by atoms with Gasteiger partial charge in [0.25, 0.3) is 0 Å². The molecule has 0 aliphatic rings. The molecule has 2 rings (SSSR count). The van der Waals surface area contributed by atoms with E-state index in [4.69, 9.17) is 0 Å². The Morgan fingerprint density at radius 1 is 1.60 bits per heavy atom. The fourth-order valence-corrected chi connectivity index (χ4v) is 1.82. The lowest BCUT2D eigenvalue weighted by Crippen LogP contribution is -2.06. The number of carbonyl (C=O) groups excluding carboxylic acids is 1. The van der Waals surface area contributed by atoms with Crippen LogP contribution in [-0.4, -0.2) is 25.2 Å². The first kappa shape index (κ1) is 9.97. The maximum absolute atomic E-state index is 11.7. The van der Waals surface area contributed by atoms with E-state index in [2.05, 4.69) is 14.7 Å². The number of rotatable bonds is 3. The average Bonchev–Trinajstić information content (AvgIpc) is 2.76. The SMILES string of the molecule is Cc1cc(CC(=O)c2cnns2)n(C)n1. The highest BCUT2D eigenvalue weighted by Gasteiger charge is 2.12. The molecule has 0 bridgehead atoms. The summed E-state index contributed by atoms with van der Waals surface area (Å²) in [5, 5.41) is 7.82. The zero-order valence-electron chi connectivity index (χ0n) is 8.47. The van der Waals surface area contributed by atoms with E-state index < -0.39 is 0 Å². The summed E-state index contributed by atoms with van der Waals surface area (Å²) < 4.78 is 5.38. The van der Waals surface area contributed by atoms with Crippen molar-refractivity contribution < 1.29 is 4.79 Å². The molecule has 0 unspecified atom stereocenters. The second kappa shape index (κ2) is 3.90. The number of aryl methyl sites for hydroxylation is 2. The lowest BCUT2D eigenvalue weighted by molar-refractivity contribution is 0.0994. The van der Waals surface area contributed by atoms with E-state index in [1.54, 1.807) is 4.68 Å². The first-order valence-corrected chi connectivity index (χ1v) is 5.24. The summed E-state index contributed by atoms with van der Waals surface area (Å²) in [4.78, 5) is 12.3. The Labute approximate surface area is 90.9 Å². The van der Waals surface area contributed by atoms with Gasteiger partial charge < -0.3 is 0 Å². The van der Waals surface area contributed by atoms with E-state index in [-0.39, 0.29) is 5.78 Å². The van der Waals surface area contributed by atoms with Gasteiger partial charge in [-0.15, -0.1) is 5.10 Å². The van der Waals surface area contributed by atoms with Gasteiger partial charge in [0.2, 0.25) is 0 Å². The van der Waals surface area contributed by atoms with Gasteiger partial charge >= 0.3 is 0 Å². The molecule has 2 aromatic rings. The number of hydrogen-bond donors (Lipinski definition) is 0. The third kappa shape index (κ3) is 2.10. The molecule has 0 radical (unpaired) electrons. The molecule has 0 aliphatic heterocycles. The van der Waals surface area contributed by atoms with Gasteiger partial charge in [0, 0.05) is 12.7 Å². The molecule has 2 aromatic heterocycles. The van der Waals surface area contributed by atoms with E-state index in [9.17, 15) is 4.79 Å². The van der Waals surface area contributed by atoms with Crippen LogP contribution in [-0.2, 0) is 13.5 Å². The van der Waals surface area contributed by atoms with E-state index in [1.165, 1.54) is 6.20 Å². The molecule has 2 heterocycles. The molecular weight excluding hydrogens is 212 g/mol. The fraction of sp³-hybridized carbons (Fsp3) is 0.333. The van der Waals surface area contributed by atoms with Crippen molar-refractivity contribution in [3.63, 3.8) is 0 Å². The monoisotopic (exact) mass is 222 g/mol. The van der Waals surface area contributed by atoms with Gasteiger partial charge in [-0.25, -0.2) is 0 Å². The van der Waals surface area contributed by atoms with Crippen molar-refractivity contribution in [2.75, 3.05) is 0 Å². The Balaban J connectivity index is 2.16. The lowest BCUT2D eigenvalue weighted by atomic mass is 10.2. The van der Waals surface area contributed by atoms with Crippen LogP contribution < -0.4 is 0 Å². The highest BCUT2D eigenvalue weighted by Crippen LogP contribution is 2.09. The molecule has 0 saturated carbocycles. The van der Waals surface area contributed by atoms with Crippen molar-refractivity contribution in [1.82, 2.24) is 19.4 Å². The average molecular weight is 222 g/mol. The molecule has 0 amide bonds. The zero-order chi connectivity index (χ0) is 10.8. The molecule has 0 atom stereocenters. The van der Waals surface area contributed by atoms with Gasteiger partial charge in [0.1, 0.15) is 4.88 Å². The fourth-order valence-electron chi connectivity index (χ4n) is 1.37. The van der Waals surface area contributed by atoms with Gasteiger partial charge in [0.15, 0.2) is 5.78 Å².